The zero-order valence-electron chi connectivity index (χ0n) is 10.7. The van der Waals surface area contributed by atoms with Crippen LogP contribution in [0.5, 0.6) is 11.5 Å². The van der Waals surface area contributed by atoms with E-state index >= 15 is 0 Å². The van der Waals surface area contributed by atoms with Crippen molar-refractivity contribution < 1.29 is 14.3 Å². The van der Waals surface area contributed by atoms with E-state index in [2.05, 4.69) is 29.8 Å². The normalized spacial score (nSPS) is 13.8. The van der Waals surface area contributed by atoms with Gasteiger partial charge in [-0.25, -0.2) is 0 Å². The Morgan fingerprint density at radius 1 is 1.28 bits per heavy atom. The number of fused-ring (bicyclic) bond motifs is 1. The summed E-state index contributed by atoms with van der Waals surface area (Å²) in [6, 6.07) is 3.60. The number of halogens is 1. The maximum Gasteiger partial charge on any atom is 0.164 e. The monoisotopic (exact) mass is 312 g/mol. The minimum atomic E-state index is 0.146. The number of rotatable bonds is 4. The quantitative estimate of drug-likeness (QED) is 0.792. The first-order valence-corrected chi connectivity index (χ1v) is 6.99. The Labute approximate surface area is 116 Å². The molecule has 1 aliphatic heterocycles. The van der Waals surface area contributed by atoms with Gasteiger partial charge in [0.05, 0.1) is 0 Å². The Morgan fingerprint density at radius 2 is 1.89 bits per heavy atom. The highest BCUT2D eigenvalue weighted by atomic mass is 79.9. The standard InChI is InChI=1S/C14H17BrO3/c1-9(2)3-4-12(16)10-7-13-14(8-11(10)15)18-6-5-17-13/h7-9H,3-6H2,1-2H3. The van der Waals surface area contributed by atoms with E-state index in [0.717, 1.165) is 10.9 Å². The van der Waals surface area contributed by atoms with Crippen LogP contribution in [0.1, 0.15) is 37.0 Å². The number of ether oxygens (including phenoxy) is 2. The summed E-state index contributed by atoms with van der Waals surface area (Å²) in [5, 5.41) is 0. The van der Waals surface area contributed by atoms with E-state index in [1.165, 1.54) is 0 Å². The predicted octanol–water partition coefficient (Wildman–Crippen LogP) is 3.84. The Balaban J connectivity index is 2.19. The average molecular weight is 313 g/mol. The number of ketones is 1. The predicted molar refractivity (Wildman–Crippen MR) is 73.5 cm³/mol. The third-order valence-electron chi connectivity index (χ3n) is 2.88. The Hall–Kier alpha value is -1.03. The molecule has 1 aromatic carbocycles. The van der Waals surface area contributed by atoms with Crippen LogP contribution in [-0.2, 0) is 0 Å². The summed E-state index contributed by atoms with van der Waals surface area (Å²) in [6.07, 6.45) is 1.47. The number of benzene rings is 1. The molecule has 0 fully saturated rings. The fourth-order valence-corrected chi connectivity index (χ4v) is 2.38. The molecule has 0 aromatic heterocycles. The van der Waals surface area contributed by atoms with Crippen molar-refractivity contribution in [3.8, 4) is 11.5 Å². The van der Waals surface area contributed by atoms with Crippen LogP contribution < -0.4 is 9.47 Å². The molecule has 0 saturated heterocycles. The SMILES string of the molecule is CC(C)CCC(=O)c1cc2c(cc1Br)OCCO2. The van der Waals surface area contributed by atoms with Crippen LogP contribution in [0.3, 0.4) is 0 Å². The number of hydrogen-bond donors (Lipinski definition) is 0. The van der Waals surface area contributed by atoms with E-state index in [1.807, 2.05) is 6.07 Å². The van der Waals surface area contributed by atoms with E-state index in [4.69, 9.17) is 9.47 Å². The van der Waals surface area contributed by atoms with Gasteiger partial charge in [0.1, 0.15) is 13.2 Å². The smallest absolute Gasteiger partial charge is 0.164 e. The lowest BCUT2D eigenvalue weighted by molar-refractivity contribution is 0.0973. The van der Waals surface area contributed by atoms with Crippen molar-refractivity contribution in [1.82, 2.24) is 0 Å². The molecule has 0 N–H and O–H groups in total. The first-order valence-electron chi connectivity index (χ1n) is 6.20. The average Bonchev–Trinajstić information content (AvgIpc) is 2.35. The van der Waals surface area contributed by atoms with Gasteiger partial charge in [-0.1, -0.05) is 13.8 Å². The maximum absolute atomic E-state index is 12.1. The van der Waals surface area contributed by atoms with Crippen LogP contribution in [0.25, 0.3) is 0 Å². The lowest BCUT2D eigenvalue weighted by Gasteiger charge is -2.19. The van der Waals surface area contributed by atoms with Crippen LogP contribution in [0.15, 0.2) is 16.6 Å². The van der Waals surface area contributed by atoms with Gasteiger partial charge in [-0.3, -0.25) is 4.79 Å². The molecular formula is C14H17BrO3. The van der Waals surface area contributed by atoms with Gasteiger partial charge in [0.2, 0.25) is 0 Å². The van der Waals surface area contributed by atoms with Crippen molar-refractivity contribution in [3.05, 3.63) is 22.2 Å². The summed E-state index contributed by atoms with van der Waals surface area (Å²) in [6.45, 7) is 5.33. The second kappa shape index (κ2) is 5.74. The van der Waals surface area contributed by atoms with E-state index < -0.39 is 0 Å². The highest BCUT2D eigenvalue weighted by Gasteiger charge is 2.18. The molecule has 1 heterocycles. The summed E-state index contributed by atoms with van der Waals surface area (Å²) < 4.78 is 11.7. The highest BCUT2D eigenvalue weighted by molar-refractivity contribution is 9.10. The van der Waals surface area contributed by atoms with E-state index in [0.29, 0.717) is 42.6 Å². The van der Waals surface area contributed by atoms with E-state index in [1.54, 1.807) is 6.07 Å². The molecule has 0 spiro atoms. The van der Waals surface area contributed by atoms with Crippen molar-refractivity contribution in [3.63, 3.8) is 0 Å². The molecule has 0 bridgehead atoms. The molecule has 1 aliphatic rings. The molecule has 0 aliphatic carbocycles. The largest absolute Gasteiger partial charge is 0.486 e. The second-order valence-corrected chi connectivity index (χ2v) is 5.69. The zero-order valence-corrected chi connectivity index (χ0v) is 12.2. The Kier molecular flexibility index (Phi) is 4.27. The fourth-order valence-electron chi connectivity index (χ4n) is 1.83. The van der Waals surface area contributed by atoms with Gasteiger partial charge < -0.3 is 9.47 Å². The fraction of sp³-hybridized carbons (Fsp3) is 0.500. The minimum absolute atomic E-state index is 0.146. The summed E-state index contributed by atoms with van der Waals surface area (Å²) in [4.78, 5) is 12.1. The van der Waals surface area contributed by atoms with Gasteiger partial charge in [0.15, 0.2) is 17.3 Å². The number of carbonyl (C=O) groups is 1. The summed E-state index contributed by atoms with van der Waals surface area (Å²) in [7, 11) is 0. The third-order valence-corrected chi connectivity index (χ3v) is 3.54. The lowest BCUT2D eigenvalue weighted by atomic mass is 10.0. The number of Topliss-reactive ketones (excluding diaryl/α,β-unsaturated/α-hetero) is 1. The van der Waals surface area contributed by atoms with Crippen LogP contribution in [-0.4, -0.2) is 19.0 Å². The van der Waals surface area contributed by atoms with Gasteiger partial charge >= 0.3 is 0 Å². The highest BCUT2D eigenvalue weighted by Crippen LogP contribution is 2.36. The topological polar surface area (TPSA) is 35.5 Å². The van der Waals surface area contributed by atoms with Gasteiger partial charge in [0.25, 0.3) is 0 Å². The molecule has 3 nitrogen and oxygen atoms in total. The maximum atomic E-state index is 12.1. The van der Waals surface area contributed by atoms with Crippen LogP contribution >= 0.6 is 15.9 Å². The first-order chi connectivity index (χ1) is 8.58. The third kappa shape index (κ3) is 3.05. The van der Waals surface area contributed by atoms with Crippen LogP contribution in [0, 0.1) is 5.92 Å². The van der Waals surface area contributed by atoms with Gasteiger partial charge in [0, 0.05) is 16.5 Å². The second-order valence-electron chi connectivity index (χ2n) is 4.83. The van der Waals surface area contributed by atoms with Crippen molar-refractivity contribution in [1.29, 1.82) is 0 Å². The van der Waals surface area contributed by atoms with Gasteiger partial charge in [-0.2, -0.15) is 0 Å². The number of carbonyl (C=O) groups excluding carboxylic acids is 1. The summed E-state index contributed by atoms with van der Waals surface area (Å²) >= 11 is 3.43. The molecule has 1 aromatic rings. The molecule has 18 heavy (non-hydrogen) atoms. The lowest BCUT2D eigenvalue weighted by Crippen LogP contribution is -2.16. The zero-order chi connectivity index (χ0) is 13.1. The number of hydrogen-bond acceptors (Lipinski definition) is 3. The molecule has 0 unspecified atom stereocenters. The molecule has 98 valence electrons. The summed E-state index contributed by atoms with van der Waals surface area (Å²) in [5.74, 6) is 2.04. The molecule has 0 saturated carbocycles. The molecule has 2 rings (SSSR count). The van der Waals surface area contributed by atoms with Crippen molar-refractivity contribution >= 4 is 21.7 Å². The molecule has 0 amide bonds. The minimum Gasteiger partial charge on any atom is -0.486 e. The molecule has 4 heteroatoms. The van der Waals surface area contributed by atoms with Crippen LogP contribution in [0.2, 0.25) is 0 Å². The van der Waals surface area contributed by atoms with Crippen LogP contribution in [0.4, 0.5) is 0 Å². The Bertz CT molecular complexity index is 455. The van der Waals surface area contributed by atoms with Crippen molar-refractivity contribution in [2.45, 2.75) is 26.7 Å². The first kappa shape index (κ1) is 13.4. The Morgan fingerprint density at radius 3 is 2.50 bits per heavy atom. The van der Waals surface area contributed by atoms with Crippen molar-refractivity contribution in [2.75, 3.05) is 13.2 Å². The van der Waals surface area contributed by atoms with Crippen molar-refractivity contribution in [2.24, 2.45) is 5.92 Å². The molecule has 0 radical (unpaired) electrons. The molecule has 0 atom stereocenters. The van der Waals surface area contributed by atoms with Gasteiger partial charge in [-0.05, 0) is 40.4 Å². The summed E-state index contributed by atoms with van der Waals surface area (Å²) in [5.41, 5.74) is 0.680. The van der Waals surface area contributed by atoms with E-state index in [9.17, 15) is 4.79 Å². The van der Waals surface area contributed by atoms with Gasteiger partial charge in [-0.15, -0.1) is 0 Å². The molecular weight excluding hydrogens is 296 g/mol. The van der Waals surface area contributed by atoms with E-state index in [-0.39, 0.29) is 5.78 Å².